The third-order valence-electron chi connectivity index (χ3n) is 3.47. The molecule has 0 unspecified atom stereocenters. The van der Waals surface area contributed by atoms with E-state index in [1.54, 1.807) is 6.08 Å². The number of nitrogens with zero attached hydrogens (tertiary/aromatic N) is 1. The number of carboxylic acid groups (broad SMARTS) is 1. The Bertz CT molecular complexity index is 432. The second-order valence-electron chi connectivity index (χ2n) is 4.99. The number of hydrogen-bond acceptors (Lipinski definition) is 2. The van der Waals surface area contributed by atoms with Crippen LogP contribution >= 0.6 is 0 Å². The van der Waals surface area contributed by atoms with Crippen molar-refractivity contribution < 1.29 is 9.90 Å². The molecule has 1 N–H and O–H groups in total. The maximum Gasteiger partial charge on any atom is 0.328 e. The SMILES string of the molecule is CCC(C)(C)N(C)c1ccc(C=CC(=O)O)cc1. The summed E-state index contributed by atoms with van der Waals surface area (Å²) in [4.78, 5) is 12.7. The van der Waals surface area contributed by atoms with Crippen LogP contribution in [0.4, 0.5) is 5.69 Å². The molecule has 0 saturated carbocycles. The molecule has 0 fully saturated rings. The number of carboxylic acids is 1. The maximum absolute atomic E-state index is 10.4. The van der Waals surface area contributed by atoms with Gasteiger partial charge in [-0.15, -0.1) is 0 Å². The van der Waals surface area contributed by atoms with Gasteiger partial charge < -0.3 is 10.0 Å². The van der Waals surface area contributed by atoms with Gasteiger partial charge in [-0.25, -0.2) is 4.79 Å². The summed E-state index contributed by atoms with van der Waals surface area (Å²) in [6.07, 6.45) is 3.80. The van der Waals surface area contributed by atoms with E-state index >= 15 is 0 Å². The molecule has 0 heterocycles. The van der Waals surface area contributed by atoms with Crippen LogP contribution in [0.1, 0.15) is 32.8 Å². The van der Waals surface area contributed by atoms with Gasteiger partial charge in [-0.1, -0.05) is 19.1 Å². The minimum Gasteiger partial charge on any atom is -0.478 e. The van der Waals surface area contributed by atoms with E-state index in [1.165, 1.54) is 0 Å². The largest absolute Gasteiger partial charge is 0.478 e. The summed E-state index contributed by atoms with van der Waals surface area (Å²) in [5, 5.41) is 8.56. The lowest BCUT2D eigenvalue weighted by Gasteiger charge is -2.36. The van der Waals surface area contributed by atoms with Crippen LogP contribution in [0.5, 0.6) is 0 Å². The first-order chi connectivity index (χ1) is 8.36. The Labute approximate surface area is 109 Å². The third-order valence-corrected chi connectivity index (χ3v) is 3.47. The second kappa shape index (κ2) is 5.71. The Kier molecular flexibility index (Phi) is 4.54. The maximum atomic E-state index is 10.4. The standard InChI is InChI=1S/C15H21NO2/c1-5-15(2,3)16(4)13-9-6-12(7-10-13)8-11-14(17)18/h6-11H,5H2,1-4H3,(H,17,18). The van der Waals surface area contributed by atoms with E-state index < -0.39 is 5.97 Å². The van der Waals surface area contributed by atoms with E-state index in [9.17, 15) is 4.79 Å². The van der Waals surface area contributed by atoms with Crippen LogP contribution in [-0.4, -0.2) is 23.7 Å². The molecule has 1 rings (SSSR count). The van der Waals surface area contributed by atoms with E-state index in [2.05, 4.69) is 32.7 Å². The first kappa shape index (κ1) is 14.3. The average Bonchev–Trinajstić information content (AvgIpc) is 2.36. The lowest BCUT2D eigenvalue weighted by atomic mass is 9.99. The van der Waals surface area contributed by atoms with Gasteiger partial charge in [0.2, 0.25) is 0 Å². The quantitative estimate of drug-likeness (QED) is 0.811. The Morgan fingerprint density at radius 3 is 2.33 bits per heavy atom. The highest BCUT2D eigenvalue weighted by atomic mass is 16.4. The zero-order chi connectivity index (χ0) is 13.8. The Hall–Kier alpha value is -1.77. The summed E-state index contributed by atoms with van der Waals surface area (Å²) >= 11 is 0. The Balaban J connectivity index is 2.86. The molecule has 0 aliphatic carbocycles. The number of aliphatic carboxylic acids is 1. The van der Waals surface area contributed by atoms with E-state index in [0.717, 1.165) is 23.7 Å². The van der Waals surface area contributed by atoms with Crippen molar-refractivity contribution in [1.29, 1.82) is 0 Å². The summed E-state index contributed by atoms with van der Waals surface area (Å²) in [6.45, 7) is 6.57. The van der Waals surface area contributed by atoms with E-state index in [0.29, 0.717) is 0 Å². The molecule has 18 heavy (non-hydrogen) atoms. The molecule has 0 aromatic heterocycles. The number of hydrogen-bond donors (Lipinski definition) is 1. The average molecular weight is 247 g/mol. The van der Waals surface area contributed by atoms with Gasteiger partial charge in [0.05, 0.1) is 0 Å². The lowest BCUT2D eigenvalue weighted by Crippen LogP contribution is -2.40. The van der Waals surface area contributed by atoms with Gasteiger partial charge in [-0.3, -0.25) is 0 Å². The van der Waals surface area contributed by atoms with Gasteiger partial charge in [-0.05, 0) is 44.0 Å². The van der Waals surface area contributed by atoms with Gasteiger partial charge in [0.1, 0.15) is 0 Å². The molecule has 0 atom stereocenters. The van der Waals surface area contributed by atoms with Crippen LogP contribution in [0, 0.1) is 0 Å². The molecule has 0 bridgehead atoms. The summed E-state index contributed by atoms with van der Waals surface area (Å²) in [6, 6.07) is 7.88. The summed E-state index contributed by atoms with van der Waals surface area (Å²) in [7, 11) is 2.07. The molecular formula is C15H21NO2. The van der Waals surface area contributed by atoms with Gasteiger partial charge in [-0.2, -0.15) is 0 Å². The molecule has 3 heteroatoms. The number of benzene rings is 1. The molecular weight excluding hydrogens is 226 g/mol. The van der Waals surface area contributed by atoms with Crippen LogP contribution in [-0.2, 0) is 4.79 Å². The van der Waals surface area contributed by atoms with Crippen molar-refractivity contribution in [3.8, 4) is 0 Å². The number of anilines is 1. The fourth-order valence-corrected chi connectivity index (χ4v) is 1.56. The minimum atomic E-state index is -0.927. The van der Waals surface area contributed by atoms with Gasteiger partial charge in [0.25, 0.3) is 0 Å². The first-order valence-electron chi connectivity index (χ1n) is 6.11. The molecule has 0 spiro atoms. The zero-order valence-electron chi connectivity index (χ0n) is 11.5. The predicted molar refractivity (Wildman–Crippen MR) is 75.9 cm³/mol. The van der Waals surface area contributed by atoms with Crippen LogP contribution in [0.15, 0.2) is 30.3 Å². The molecule has 0 radical (unpaired) electrons. The van der Waals surface area contributed by atoms with E-state index in [1.807, 2.05) is 24.3 Å². The molecule has 1 aromatic carbocycles. The highest BCUT2D eigenvalue weighted by Crippen LogP contribution is 2.25. The highest BCUT2D eigenvalue weighted by Gasteiger charge is 2.20. The summed E-state index contributed by atoms with van der Waals surface area (Å²) in [5.74, 6) is -0.927. The van der Waals surface area contributed by atoms with Crippen molar-refractivity contribution >= 4 is 17.7 Å². The monoisotopic (exact) mass is 247 g/mol. The van der Waals surface area contributed by atoms with Gasteiger partial charge in [0, 0.05) is 24.4 Å². The van der Waals surface area contributed by atoms with Crippen molar-refractivity contribution in [2.75, 3.05) is 11.9 Å². The number of rotatable bonds is 5. The van der Waals surface area contributed by atoms with Crippen LogP contribution in [0.25, 0.3) is 6.08 Å². The van der Waals surface area contributed by atoms with Crippen molar-refractivity contribution in [1.82, 2.24) is 0 Å². The zero-order valence-corrected chi connectivity index (χ0v) is 11.5. The first-order valence-corrected chi connectivity index (χ1v) is 6.11. The van der Waals surface area contributed by atoms with E-state index in [-0.39, 0.29) is 5.54 Å². The fourth-order valence-electron chi connectivity index (χ4n) is 1.56. The summed E-state index contributed by atoms with van der Waals surface area (Å²) < 4.78 is 0. The lowest BCUT2D eigenvalue weighted by molar-refractivity contribution is -0.131. The molecule has 1 aromatic rings. The molecule has 0 aliphatic heterocycles. The van der Waals surface area contributed by atoms with Gasteiger partial charge >= 0.3 is 5.97 Å². The molecule has 98 valence electrons. The molecule has 3 nitrogen and oxygen atoms in total. The normalized spacial score (nSPS) is 11.8. The predicted octanol–water partition coefficient (Wildman–Crippen LogP) is 3.41. The molecule has 0 amide bonds. The Morgan fingerprint density at radius 1 is 1.33 bits per heavy atom. The Morgan fingerprint density at radius 2 is 1.89 bits per heavy atom. The fraction of sp³-hybridized carbons (Fsp3) is 0.400. The van der Waals surface area contributed by atoms with Crippen LogP contribution in [0.3, 0.4) is 0 Å². The molecule has 0 saturated heterocycles. The van der Waals surface area contributed by atoms with Crippen molar-refractivity contribution in [2.45, 2.75) is 32.7 Å². The van der Waals surface area contributed by atoms with E-state index in [4.69, 9.17) is 5.11 Å². The molecule has 0 aliphatic rings. The van der Waals surface area contributed by atoms with Gasteiger partial charge in [0.15, 0.2) is 0 Å². The smallest absolute Gasteiger partial charge is 0.328 e. The second-order valence-corrected chi connectivity index (χ2v) is 4.99. The third kappa shape index (κ3) is 3.62. The topological polar surface area (TPSA) is 40.5 Å². The van der Waals surface area contributed by atoms with Crippen molar-refractivity contribution in [2.24, 2.45) is 0 Å². The highest BCUT2D eigenvalue weighted by molar-refractivity contribution is 5.85. The number of carbonyl (C=O) groups is 1. The van der Waals surface area contributed by atoms with Crippen molar-refractivity contribution in [3.05, 3.63) is 35.9 Å². The van der Waals surface area contributed by atoms with Crippen molar-refractivity contribution in [3.63, 3.8) is 0 Å². The minimum absolute atomic E-state index is 0.110. The van der Waals surface area contributed by atoms with Crippen LogP contribution in [0.2, 0.25) is 0 Å². The van der Waals surface area contributed by atoms with Crippen LogP contribution < -0.4 is 4.90 Å². The summed E-state index contributed by atoms with van der Waals surface area (Å²) in [5.41, 5.74) is 2.14.